The van der Waals surface area contributed by atoms with Crippen molar-refractivity contribution in [1.82, 2.24) is 0 Å². The van der Waals surface area contributed by atoms with Crippen molar-refractivity contribution >= 4 is 12.0 Å². The fourth-order valence-corrected chi connectivity index (χ4v) is 1.77. The quantitative estimate of drug-likeness (QED) is 0.734. The number of aliphatic hydroxyl groups excluding tert-OH is 2. The van der Waals surface area contributed by atoms with Crippen molar-refractivity contribution in [3.63, 3.8) is 0 Å². The molecule has 1 rings (SSSR count). The van der Waals surface area contributed by atoms with Crippen LogP contribution in [0.25, 0.3) is 6.08 Å². The maximum Gasteiger partial charge on any atom is 0.310 e. The fraction of sp³-hybridized carbons (Fsp3) is 0.400. The lowest BCUT2D eigenvalue weighted by Crippen LogP contribution is -2.07. The molecular formula is C15H20O4. The minimum absolute atomic E-state index is 0.00906. The Morgan fingerprint density at radius 3 is 2.26 bits per heavy atom. The van der Waals surface area contributed by atoms with Crippen molar-refractivity contribution < 1.29 is 20.1 Å². The van der Waals surface area contributed by atoms with Crippen molar-refractivity contribution in [2.45, 2.75) is 32.3 Å². The molecule has 1 aromatic rings. The van der Waals surface area contributed by atoms with Crippen molar-refractivity contribution in [2.75, 3.05) is 6.61 Å². The Morgan fingerprint density at radius 1 is 1.26 bits per heavy atom. The molecule has 0 amide bonds. The molecule has 104 valence electrons. The van der Waals surface area contributed by atoms with E-state index in [4.69, 9.17) is 10.2 Å². The lowest BCUT2D eigenvalue weighted by molar-refractivity contribution is -0.138. The molecule has 0 aromatic heterocycles. The summed E-state index contributed by atoms with van der Waals surface area (Å²) >= 11 is 0. The summed E-state index contributed by atoms with van der Waals surface area (Å²) < 4.78 is 0. The Bertz CT molecular complexity index is 446. The molecule has 0 saturated carbocycles. The number of rotatable bonds is 6. The van der Waals surface area contributed by atoms with Crippen LogP contribution in [0.1, 0.15) is 37.3 Å². The number of aliphatic carboxylic acids is 1. The van der Waals surface area contributed by atoms with Crippen molar-refractivity contribution in [2.24, 2.45) is 0 Å². The monoisotopic (exact) mass is 264 g/mol. The van der Waals surface area contributed by atoms with E-state index in [9.17, 15) is 9.90 Å². The minimum Gasteiger partial charge on any atom is -0.481 e. The SMILES string of the molecule is CC(O)C(=Cc1ccc(C(C)C(=O)O)cc1)CCO. The highest BCUT2D eigenvalue weighted by molar-refractivity contribution is 5.75. The number of hydrogen-bond donors (Lipinski definition) is 3. The van der Waals surface area contributed by atoms with Gasteiger partial charge in [0.05, 0.1) is 12.0 Å². The average Bonchev–Trinajstić information content (AvgIpc) is 2.38. The topological polar surface area (TPSA) is 77.8 Å². The Balaban J connectivity index is 2.92. The van der Waals surface area contributed by atoms with E-state index in [0.717, 1.165) is 16.7 Å². The molecule has 2 unspecified atom stereocenters. The third kappa shape index (κ3) is 4.50. The number of aliphatic hydroxyl groups is 2. The number of hydrogen-bond acceptors (Lipinski definition) is 3. The predicted octanol–water partition coefficient (Wildman–Crippen LogP) is 2.02. The van der Waals surface area contributed by atoms with Gasteiger partial charge in [0.15, 0.2) is 0 Å². The van der Waals surface area contributed by atoms with Gasteiger partial charge in [0, 0.05) is 6.61 Å². The Hall–Kier alpha value is -1.65. The molecule has 1 aromatic carbocycles. The molecule has 3 N–H and O–H groups in total. The summed E-state index contributed by atoms with van der Waals surface area (Å²) in [6.45, 7) is 3.29. The van der Waals surface area contributed by atoms with Gasteiger partial charge in [-0.2, -0.15) is 0 Å². The highest BCUT2D eigenvalue weighted by atomic mass is 16.4. The van der Waals surface area contributed by atoms with E-state index >= 15 is 0 Å². The first kappa shape index (κ1) is 15.4. The van der Waals surface area contributed by atoms with E-state index in [2.05, 4.69) is 0 Å². The summed E-state index contributed by atoms with van der Waals surface area (Å²) in [5, 5.41) is 27.4. The van der Waals surface area contributed by atoms with E-state index in [0.29, 0.717) is 6.42 Å². The van der Waals surface area contributed by atoms with Crippen LogP contribution in [-0.4, -0.2) is 34.0 Å². The summed E-state index contributed by atoms with van der Waals surface area (Å²) in [7, 11) is 0. The minimum atomic E-state index is -0.853. The zero-order valence-electron chi connectivity index (χ0n) is 11.2. The number of carboxylic acids is 1. The van der Waals surface area contributed by atoms with Crippen LogP contribution in [0.2, 0.25) is 0 Å². The molecule has 4 nitrogen and oxygen atoms in total. The lowest BCUT2D eigenvalue weighted by atomic mass is 9.98. The third-order valence-corrected chi connectivity index (χ3v) is 3.10. The van der Waals surface area contributed by atoms with Crippen molar-refractivity contribution in [3.05, 3.63) is 41.0 Å². The molecule has 0 spiro atoms. The molecule has 4 heteroatoms. The molecule has 2 atom stereocenters. The second-order valence-corrected chi connectivity index (χ2v) is 4.60. The van der Waals surface area contributed by atoms with Gasteiger partial charge in [0.1, 0.15) is 0 Å². The van der Waals surface area contributed by atoms with E-state index in [1.54, 1.807) is 26.0 Å². The van der Waals surface area contributed by atoms with Crippen LogP contribution in [0.5, 0.6) is 0 Å². The molecule has 0 radical (unpaired) electrons. The smallest absolute Gasteiger partial charge is 0.310 e. The molecule has 0 saturated heterocycles. The second-order valence-electron chi connectivity index (χ2n) is 4.60. The van der Waals surface area contributed by atoms with Crippen molar-refractivity contribution in [3.8, 4) is 0 Å². The van der Waals surface area contributed by atoms with Gasteiger partial charge in [-0.15, -0.1) is 0 Å². The van der Waals surface area contributed by atoms with Gasteiger partial charge in [0.25, 0.3) is 0 Å². The molecule has 19 heavy (non-hydrogen) atoms. The predicted molar refractivity (Wildman–Crippen MR) is 73.9 cm³/mol. The van der Waals surface area contributed by atoms with E-state index in [-0.39, 0.29) is 6.61 Å². The molecule has 0 bridgehead atoms. The largest absolute Gasteiger partial charge is 0.481 e. The standard InChI is InChI=1S/C15H20O4/c1-10(15(18)19)13-5-3-12(4-6-13)9-14(7-8-16)11(2)17/h3-6,9-11,16-17H,7-8H2,1-2H3,(H,18,19). The number of carbonyl (C=O) groups is 1. The summed E-state index contributed by atoms with van der Waals surface area (Å²) in [5.41, 5.74) is 2.37. The van der Waals surface area contributed by atoms with Crippen LogP contribution in [0.4, 0.5) is 0 Å². The molecule has 0 aliphatic carbocycles. The van der Waals surface area contributed by atoms with Crippen LogP contribution < -0.4 is 0 Å². The molecule has 0 aliphatic heterocycles. The summed E-state index contributed by atoms with van der Waals surface area (Å²) in [6.07, 6.45) is 1.63. The van der Waals surface area contributed by atoms with E-state index in [1.165, 1.54) is 0 Å². The Labute approximate surface area is 113 Å². The zero-order valence-corrected chi connectivity index (χ0v) is 11.2. The van der Waals surface area contributed by atoms with Gasteiger partial charge in [-0.3, -0.25) is 4.79 Å². The summed E-state index contributed by atoms with van der Waals surface area (Å²) in [6, 6.07) is 7.16. The third-order valence-electron chi connectivity index (χ3n) is 3.10. The zero-order chi connectivity index (χ0) is 14.4. The maximum absolute atomic E-state index is 10.9. The van der Waals surface area contributed by atoms with Crippen molar-refractivity contribution in [1.29, 1.82) is 0 Å². The van der Waals surface area contributed by atoms with Crippen LogP contribution in [0.15, 0.2) is 29.8 Å². The van der Waals surface area contributed by atoms with Gasteiger partial charge in [-0.05, 0) is 37.0 Å². The summed E-state index contributed by atoms with van der Waals surface area (Å²) in [4.78, 5) is 10.9. The maximum atomic E-state index is 10.9. The van der Waals surface area contributed by atoms with Crippen LogP contribution in [-0.2, 0) is 4.79 Å². The first-order valence-electron chi connectivity index (χ1n) is 6.28. The molecular weight excluding hydrogens is 244 g/mol. The van der Waals surface area contributed by atoms with Gasteiger partial charge in [-0.25, -0.2) is 0 Å². The fourth-order valence-electron chi connectivity index (χ4n) is 1.77. The molecule has 0 fully saturated rings. The van der Waals surface area contributed by atoms with Gasteiger partial charge >= 0.3 is 5.97 Å². The normalized spacial score (nSPS) is 15.1. The van der Waals surface area contributed by atoms with E-state index in [1.807, 2.05) is 18.2 Å². The van der Waals surface area contributed by atoms with E-state index < -0.39 is 18.0 Å². The number of carboxylic acid groups (broad SMARTS) is 1. The van der Waals surface area contributed by atoms with Crippen LogP contribution in [0, 0.1) is 0 Å². The second kappa shape index (κ2) is 7.07. The van der Waals surface area contributed by atoms with Crippen LogP contribution >= 0.6 is 0 Å². The first-order valence-corrected chi connectivity index (χ1v) is 6.28. The Kier molecular flexibility index (Phi) is 5.73. The molecule has 0 heterocycles. The highest BCUT2D eigenvalue weighted by Crippen LogP contribution is 2.18. The highest BCUT2D eigenvalue weighted by Gasteiger charge is 2.13. The lowest BCUT2D eigenvalue weighted by Gasteiger charge is -2.10. The summed E-state index contributed by atoms with van der Waals surface area (Å²) in [5.74, 6) is -1.39. The van der Waals surface area contributed by atoms with Gasteiger partial charge in [-0.1, -0.05) is 30.3 Å². The Morgan fingerprint density at radius 2 is 1.84 bits per heavy atom. The van der Waals surface area contributed by atoms with Crippen LogP contribution in [0.3, 0.4) is 0 Å². The first-order chi connectivity index (χ1) is 8.95. The molecule has 0 aliphatic rings. The van der Waals surface area contributed by atoms with Gasteiger partial charge in [0.2, 0.25) is 0 Å². The number of benzene rings is 1. The van der Waals surface area contributed by atoms with Gasteiger partial charge < -0.3 is 15.3 Å². The average molecular weight is 264 g/mol.